The van der Waals surface area contributed by atoms with Crippen LogP contribution in [0.1, 0.15) is 65.2 Å². The van der Waals surface area contributed by atoms with Crippen LogP contribution in [0.2, 0.25) is 0 Å². The van der Waals surface area contributed by atoms with Crippen LogP contribution in [0.5, 0.6) is 0 Å². The Labute approximate surface area is 178 Å². The van der Waals surface area contributed by atoms with E-state index in [0.717, 1.165) is 12.8 Å². The van der Waals surface area contributed by atoms with Gasteiger partial charge in [0.15, 0.2) is 0 Å². The first-order valence-electron chi connectivity index (χ1n) is 7.74. The van der Waals surface area contributed by atoms with Gasteiger partial charge in [-0.1, -0.05) is 52.4 Å². The molecule has 24 heavy (non-hydrogen) atoms. The third-order valence-electron chi connectivity index (χ3n) is 3.13. The Kier molecular flexibility index (Phi) is 41.9. The topological polar surface area (TPSA) is 0 Å². The van der Waals surface area contributed by atoms with E-state index in [1.807, 2.05) is 26.8 Å². The zero-order chi connectivity index (χ0) is 15.1. The van der Waals surface area contributed by atoms with Gasteiger partial charge in [0.2, 0.25) is 0 Å². The van der Waals surface area contributed by atoms with Crippen LogP contribution in [0.4, 0.5) is 0 Å². The first-order chi connectivity index (χ1) is 9.86. The Morgan fingerprint density at radius 3 is 1.38 bits per heavy atom. The minimum atomic E-state index is 0. The summed E-state index contributed by atoms with van der Waals surface area (Å²) in [6, 6.07) is 0. The zero-order valence-electron chi connectivity index (χ0n) is 16.0. The molecule has 2 rings (SSSR count). The van der Waals surface area contributed by atoms with E-state index in [0.29, 0.717) is 0 Å². The summed E-state index contributed by atoms with van der Waals surface area (Å²) in [5.41, 5.74) is 2.83. The van der Waals surface area contributed by atoms with Gasteiger partial charge in [0.1, 0.15) is 0 Å². The second-order valence-electron chi connectivity index (χ2n) is 4.82. The summed E-state index contributed by atoms with van der Waals surface area (Å²) in [6.45, 7) is 4.44. The van der Waals surface area contributed by atoms with Crippen LogP contribution in [-0.2, 0) is 19.2 Å². The van der Waals surface area contributed by atoms with Crippen LogP contribution in [0, 0.1) is 27.0 Å². The zero-order valence-corrected chi connectivity index (χ0v) is 20.6. The third kappa shape index (κ3) is 20.5. The van der Waals surface area contributed by atoms with E-state index in [-0.39, 0.29) is 39.7 Å². The molecule has 0 spiro atoms. The van der Waals surface area contributed by atoms with Gasteiger partial charge in [-0.15, -0.1) is 37.7 Å². The van der Waals surface area contributed by atoms with E-state index >= 15 is 0 Å². The van der Waals surface area contributed by atoms with Gasteiger partial charge in [0.25, 0.3) is 0 Å². The molecule has 0 amide bonds. The first-order valence-corrected chi connectivity index (χ1v) is 11.8. The van der Waals surface area contributed by atoms with Crippen LogP contribution in [0.3, 0.4) is 0 Å². The molecule has 0 unspecified atom stereocenters. The van der Waals surface area contributed by atoms with Crippen LogP contribution in [-0.4, -0.2) is 7.63 Å². The quantitative estimate of drug-likeness (QED) is 0.335. The number of rotatable bonds is 6. The van der Waals surface area contributed by atoms with E-state index in [1.54, 1.807) is 0 Å². The molecular formula is C20H36Cl2SiTi-4. The van der Waals surface area contributed by atoms with Gasteiger partial charge in [-0.25, -0.2) is 23.3 Å². The summed E-state index contributed by atoms with van der Waals surface area (Å²) < 4.78 is 0. The van der Waals surface area contributed by atoms with Crippen LogP contribution in [0.15, 0.2) is 35.5 Å². The van der Waals surface area contributed by atoms with Crippen LogP contribution < -0.4 is 0 Å². The van der Waals surface area contributed by atoms with Crippen molar-refractivity contribution in [3.63, 3.8) is 0 Å². The van der Waals surface area contributed by atoms with Gasteiger partial charge < -0.3 is 14.9 Å². The second-order valence-corrected chi connectivity index (χ2v) is 4.82. The van der Waals surface area contributed by atoms with Crippen LogP contribution in [0.25, 0.3) is 0 Å². The summed E-state index contributed by atoms with van der Waals surface area (Å²) in [7, 11) is 1.86. The average molecular weight is 423 g/mol. The monoisotopic (exact) mass is 422 g/mol. The molecule has 0 atom stereocenters. The van der Waals surface area contributed by atoms with Crippen molar-refractivity contribution in [3.05, 3.63) is 62.5 Å². The summed E-state index contributed by atoms with van der Waals surface area (Å²) in [4.78, 5) is 0. The molecule has 0 fully saturated rings. The van der Waals surface area contributed by atoms with E-state index < -0.39 is 0 Å². The maximum absolute atomic E-state index is 3.30. The Morgan fingerprint density at radius 1 is 0.833 bits per heavy atom. The van der Waals surface area contributed by atoms with Gasteiger partial charge in [-0.2, -0.15) is 12.2 Å². The number of hydrogen-bond donors (Lipinski definition) is 0. The summed E-state index contributed by atoms with van der Waals surface area (Å²) in [5, 5.41) is 0. The molecule has 0 saturated heterocycles. The van der Waals surface area contributed by atoms with Gasteiger partial charge in [0.05, 0.1) is 0 Å². The molecule has 0 N–H and O–H groups in total. The number of halogens is 2. The van der Waals surface area contributed by atoms with Gasteiger partial charge >= 0.3 is 26.8 Å². The SMILES string of the molecule is CCCCC1=[C-]CC=C1.CCCCC1=[C-]CC=C1.Cl.Cl.[CH3-].[CH3-].[SiH2]=[Ti]. The minimum absolute atomic E-state index is 0. The normalized spacial score (nSPS) is 12.4. The molecule has 4 heteroatoms. The van der Waals surface area contributed by atoms with E-state index in [4.69, 9.17) is 0 Å². The molecule has 2 aliphatic rings. The van der Waals surface area contributed by atoms with Crippen molar-refractivity contribution >= 4 is 32.4 Å². The van der Waals surface area contributed by atoms with Crippen molar-refractivity contribution in [2.24, 2.45) is 0 Å². The van der Waals surface area contributed by atoms with E-state index in [2.05, 4.69) is 50.3 Å². The predicted molar refractivity (Wildman–Crippen MR) is 116 cm³/mol. The Bertz CT molecular complexity index is 327. The first kappa shape index (κ1) is 35.6. The van der Waals surface area contributed by atoms with Crippen LogP contribution >= 0.6 is 24.8 Å². The molecule has 0 aromatic rings. The number of unbranched alkanes of at least 4 members (excludes halogenated alkanes) is 2. The van der Waals surface area contributed by atoms with Crippen molar-refractivity contribution in [1.29, 1.82) is 0 Å². The van der Waals surface area contributed by atoms with Gasteiger partial charge in [-0.3, -0.25) is 12.2 Å². The molecule has 142 valence electrons. The Balaban J connectivity index is -0.0000000789. The number of hydrogen-bond acceptors (Lipinski definition) is 0. The molecule has 0 aromatic heterocycles. The summed E-state index contributed by atoms with van der Waals surface area (Å²) >= 11 is 2.03. The molecule has 0 aliphatic heterocycles. The van der Waals surface area contributed by atoms with E-state index in [9.17, 15) is 0 Å². The van der Waals surface area contributed by atoms with E-state index in [1.165, 1.54) is 49.7 Å². The Morgan fingerprint density at radius 2 is 1.17 bits per heavy atom. The second kappa shape index (κ2) is 28.3. The molecule has 0 saturated carbocycles. The average Bonchev–Trinajstić information content (AvgIpc) is 3.19. The molecule has 2 aliphatic carbocycles. The fourth-order valence-corrected chi connectivity index (χ4v) is 1.98. The molecule has 0 aromatic carbocycles. The number of allylic oxidation sites excluding steroid dienone is 8. The fraction of sp³-hybridized carbons (Fsp3) is 0.500. The molecule has 0 bridgehead atoms. The van der Waals surface area contributed by atoms with Crippen molar-refractivity contribution in [1.82, 2.24) is 0 Å². The van der Waals surface area contributed by atoms with Gasteiger partial charge in [-0.05, 0) is 0 Å². The van der Waals surface area contributed by atoms with Gasteiger partial charge in [0, 0.05) is 0 Å². The maximum atomic E-state index is 3.30. The van der Waals surface area contributed by atoms with Crippen molar-refractivity contribution in [2.75, 3.05) is 0 Å². The van der Waals surface area contributed by atoms with Crippen molar-refractivity contribution < 1.29 is 19.2 Å². The molecule has 0 nitrogen and oxygen atoms in total. The third-order valence-corrected chi connectivity index (χ3v) is 3.13. The molecule has 0 radical (unpaired) electrons. The molecule has 0 heterocycles. The Hall–Kier alpha value is 0.471. The molecular weight excluding hydrogens is 387 g/mol. The van der Waals surface area contributed by atoms with Crippen molar-refractivity contribution in [2.45, 2.75) is 65.2 Å². The summed E-state index contributed by atoms with van der Waals surface area (Å²) in [5.74, 6) is 0. The standard InChI is InChI=1S/2C9H13.2CH3.2ClH.H2Si.Ti/c2*1-2-3-6-9-7-4-5-8-9;;;;;;/h2*4,7H,2-3,5-6H2,1H3;2*1H3;2*1H;1H2;/q4*-1;;;;. The van der Waals surface area contributed by atoms with Crippen molar-refractivity contribution in [3.8, 4) is 0 Å². The fourth-order valence-electron chi connectivity index (χ4n) is 1.98. The predicted octanol–water partition coefficient (Wildman–Crippen LogP) is 6.56. The summed E-state index contributed by atoms with van der Waals surface area (Å²) in [6.07, 6.45) is 25.1.